The largest absolute Gasteiger partial charge is 0.506 e. The summed E-state index contributed by atoms with van der Waals surface area (Å²) in [6, 6.07) is 7.92. The summed E-state index contributed by atoms with van der Waals surface area (Å²) < 4.78 is 12.3. The van der Waals surface area contributed by atoms with E-state index in [9.17, 15) is 29.4 Å². The van der Waals surface area contributed by atoms with Gasteiger partial charge in [-0.1, -0.05) is 25.0 Å². The van der Waals surface area contributed by atoms with Crippen molar-refractivity contribution in [2.45, 2.75) is 38.0 Å². The maximum Gasteiger partial charge on any atom is 0.331 e. The molecule has 180 valence electrons. The van der Waals surface area contributed by atoms with Crippen LogP contribution in [0.5, 0.6) is 0 Å². The molecule has 34 heavy (non-hydrogen) atoms. The Balaban J connectivity index is 1.24. The number of nitrogens with zero attached hydrogens (tertiary/aromatic N) is 2. The summed E-state index contributed by atoms with van der Waals surface area (Å²) in [6.07, 6.45) is 1.90. The molecule has 0 aliphatic carbocycles. The van der Waals surface area contributed by atoms with E-state index in [0.717, 1.165) is 23.5 Å². The lowest BCUT2D eigenvalue weighted by Crippen LogP contribution is -2.37. The number of hydrogen-bond donors (Lipinski definition) is 3. The van der Waals surface area contributed by atoms with Crippen LogP contribution in [0, 0.1) is 0 Å². The lowest BCUT2D eigenvalue weighted by molar-refractivity contribution is -0.0567. The number of aliphatic hydroxyl groups excluding tert-OH is 2. The molecule has 0 fully saturated rings. The highest BCUT2D eigenvalue weighted by Gasteiger charge is 2.39. The summed E-state index contributed by atoms with van der Waals surface area (Å²) in [6.45, 7) is 0.000771. The first kappa shape index (κ1) is 23.5. The molecule has 0 saturated heterocycles. The first-order chi connectivity index (χ1) is 16.4. The zero-order valence-electron chi connectivity index (χ0n) is 18.3. The number of hydrogen-bond acceptors (Lipinski definition) is 8. The lowest BCUT2D eigenvalue weighted by Gasteiger charge is -2.21. The molecular weight excluding hydrogens is 446 g/mol. The van der Waals surface area contributed by atoms with Crippen LogP contribution >= 0.6 is 0 Å². The van der Waals surface area contributed by atoms with Crippen molar-refractivity contribution in [2.75, 3.05) is 19.8 Å². The Morgan fingerprint density at radius 3 is 2.29 bits per heavy atom. The summed E-state index contributed by atoms with van der Waals surface area (Å²) >= 11 is 0. The van der Waals surface area contributed by atoms with Crippen LogP contribution in [0.1, 0.15) is 52.6 Å². The second-order valence-corrected chi connectivity index (χ2v) is 8.01. The number of imide groups is 1. The van der Waals surface area contributed by atoms with Gasteiger partial charge in [0.25, 0.3) is 17.4 Å². The van der Waals surface area contributed by atoms with Gasteiger partial charge in [0.05, 0.1) is 11.1 Å². The molecule has 2 aliphatic heterocycles. The molecule has 2 amide bonds. The zero-order chi connectivity index (χ0) is 24.2. The molecule has 11 nitrogen and oxygen atoms in total. The van der Waals surface area contributed by atoms with Crippen molar-refractivity contribution in [2.24, 2.45) is 0 Å². The molecule has 4 rings (SSSR count). The predicted molar refractivity (Wildman–Crippen MR) is 118 cm³/mol. The van der Waals surface area contributed by atoms with Gasteiger partial charge in [-0.25, -0.2) is 4.79 Å². The monoisotopic (exact) mass is 471 g/mol. The smallest absolute Gasteiger partial charge is 0.331 e. The summed E-state index contributed by atoms with van der Waals surface area (Å²) in [7, 11) is 0. The number of unbranched alkanes of at least 4 members (excludes halogenated alkanes) is 3. The Morgan fingerprint density at radius 2 is 1.65 bits per heavy atom. The Bertz CT molecular complexity index is 1200. The van der Waals surface area contributed by atoms with Crippen LogP contribution in [0.2, 0.25) is 0 Å². The van der Waals surface area contributed by atoms with Crippen molar-refractivity contribution < 1.29 is 29.3 Å². The Hall–Kier alpha value is -3.70. The maximum absolute atomic E-state index is 12.4. The average molecular weight is 471 g/mol. The third kappa shape index (κ3) is 4.52. The number of aromatic amines is 1. The zero-order valence-corrected chi connectivity index (χ0v) is 18.3. The van der Waals surface area contributed by atoms with Crippen molar-refractivity contribution in [3.63, 3.8) is 0 Å². The Labute approximate surface area is 193 Å². The lowest BCUT2D eigenvalue weighted by atomic mass is 10.1. The average Bonchev–Trinajstić information content (AvgIpc) is 3.27. The maximum atomic E-state index is 12.4. The van der Waals surface area contributed by atoms with Crippen LogP contribution in [0.3, 0.4) is 0 Å². The highest BCUT2D eigenvalue weighted by Crippen LogP contribution is 2.32. The standard InChI is InChI=1S/C23H25N3O8/c27-13-16-18(29)19(22(34-16)26-11-9-17(28)24-23(26)32)33-12-6-2-1-5-10-25-20(30)14-7-3-4-8-15(14)21(25)31/h3-4,7-9,11,19,22,27,29H,1-2,5-6,10,12-13H2,(H,24,28,32)/t19?,22-/m1/s1. The third-order valence-electron chi connectivity index (χ3n) is 5.80. The molecule has 3 N–H and O–H groups in total. The molecule has 0 saturated carbocycles. The van der Waals surface area contributed by atoms with Gasteiger partial charge >= 0.3 is 5.69 Å². The van der Waals surface area contributed by atoms with Gasteiger partial charge in [0.2, 0.25) is 6.23 Å². The highest BCUT2D eigenvalue weighted by atomic mass is 16.6. The quantitative estimate of drug-likeness (QED) is 0.344. The minimum absolute atomic E-state index is 0.103. The van der Waals surface area contributed by atoms with E-state index in [-0.39, 0.29) is 29.9 Å². The second-order valence-electron chi connectivity index (χ2n) is 8.01. The van der Waals surface area contributed by atoms with Gasteiger partial charge in [0, 0.05) is 25.4 Å². The van der Waals surface area contributed by atoms with Crippen LogP contribution in [-0.4, -0.2) is 62.3 Å². The molecule has 1 aromatic heterocycles. The first-order valence-electron chi connectivity index (χ1n) is 11.0. The molecule has 1 unspecified atom stereocenters. The van der Waals surface area contributed by atoms with Gasteiger partial charge in [-0.3, -0.25) is 28.8 Å². The van der Waals surface area contributed by atoms with E-state index in [2.05, 4.69) is 4.98 Å². The van der Waals surface area contributed by atoms with Crippen LogP contribution < -0.4 is 11.2 Å². The van der Waals surface area contributed by atoms with E-state index in [1.54, 1.807) is 24.3 Å². The fraction of sp³-hybridized carbons (Fsp3) is 0.391. The van der Waals surface area contributed by atoms with Crippen LogP contribution in [0.25, 0.3) is 0 Å². The molecule has 3 heterocycles. The number of carbonyl (C=O) groups is 2. The second kappa shape index (κ2) is 10.1. The summed E-state index contributed by atoms with van der Waals surface area (Å²) in [5, 5.41) is 19.7. The summed E-state index contributed by atoms with van der Waals surface area (Å²) in [5.41, 5.74) is -0.430. The van der Waals surface area contributed by atoms with Crippen molar-refractivity contribution in [3.05, 3.63) is 80.0 Å². The number of amides is 2. The number of aromatic nitrogens is 2. The number of benzene rings is 1. The molecule has 2 aliphatic rings. The molecule has 11 heteroatoms. The number of H-pyrrole nitrogens is 1. The van der Waals surface area contributed by atoms with Crippen LogP contribution in [0.4, 0.5) is 0 Å². The highest BCUT2D eigenvalue weighted by molar-refractivity contribution is 6.21. The van der Waals surface area contributed by atoms with E-state index in [1.807, 2.05) is 0 Å². The Kier molecular flexibility index (Phi) is 6.94. The molecule has 0 bridgehead atoms. The molecule has 1 aromatic carbocycles. The molecule has 0 spiro atoms. The van der Waals surface area contributed by atoms with Gasteiger partial charge in [0.15, 0.2) is 17.6 Å². The number of rotatable bonds is 10. The Morgan fingerprint density at radius 1 is 0.971 bits per heavy atom. The van der Waals surface area contributed by atoms with Gasteiger partial charge in [0.1, 0.15) is 6.61 Å². The van der Waals surface area contributed by atoms with E-state index in [4.69, 9.17) is 9.47 Å². The number of aliphatic hydroxyl groups is 2. The van der Waals surface area contributed by atoms with Crippen LogP contribution in [-0.2, 0) is 9.47 Å². The van der Waals surface area contributed by atoms with Gasteiger partial charge < -0.3 is 19.7 Å². The summed E-state index contributed by atoms with van der Waals surface area (Å²) in [5.74, 6) is -0.948. The normalized spacial score (nSPS) is 19.6. The molecule has 0 radical (unpaired) electrons. The summed E-state index contributed by atoms with van der Waals surface area (Å²) in [4.78, 5) is 51.6. The van der Waals surface area contributed by atoms with Gasteiger partial charge in [-0.05, 0) is 25.0 Å². The SMILES string of the molecule is O=C1c2ccccc2C(=O)N1CCCCCCOC1C(O)=C(CO)O[C@H]1n1ccc(=O)[nH]c1=O. The topological polar surface area (TPSA) is 151 Å². The third-order valence-corrected chi connectivity index (χ3v) is 5.80. The molecule has 2 atom stereocenters. The van der Waals surface area contributed by atoms with E-state index < -0.39 is 30.2 Å². The predicted octanol–water partition coefficient (Wildman–Crippen LogP) is 1.07. The van der Waals surface area contributed by atoms with Gasteiger partial charge in [-0.15, -0.1) is 0 Å². The fourth-order valence-corrected chi connectivity index (χ4v) is 4.05. The van der Waals surface area contributed by atoms with Crippen molar-refractivity contribution >= 4 is 11.8 Å². The van der Waals surface area contributed by atoms with E-state index in [0.29, 0.717) is 30.5 Å². The number of fused-ring (bicyclic) bond motifs is 1. The van der Waals surface area contributed by atoms with Crippen molar-refractivity contribution in [3.8, 4) is 0 Å². The first-order valence-corrected chi connectivity index (χ1v) is 11.0. The van der Waals surface area contributed by atoms with E-state index in [1.165, 1.54) is 11.1 Å². The van der Waals surface area contributed by atoms with Crippen molar-refractivity contribution in [1.29, 1.82) is 0 Å². The van der Waals surface area contributed by atoms with Crippen molar-refractivity contribution in [1.82, 2.24) is 14.5 Å². The number of nitrogens with one attached hydrogen (secondary N) is 1. The van der Waals surface area contributed by atoms with Crippen LogP contribution in [0.15, 0.2) is 57.6 Å². The number of carbonyl (C=O) groups excluding carboxylic acids is 2. The van der Waals surface area contributed by atoms with E-state index >= 15 is 0 Å². The molecular formula is C23H25N3O8. The fourth-order valence-electron chi connectivity index (χ4n) is 4.05. The minimum atomic E-state index is -1.07. The van der Waals surface area contributed by atoms with Gasteiger partial charge in [-0.2, -0.15) is 0 Å². The number of ether oxygens (including phenoxy) is 2. The minimum Gasteiger partial charge on any atom is -0.506 e. The molecule has 2 aromatic rings.